The average molecular weight is 273 g/mol. The minimum atomic E-state index is -0.0378. The first-order valence-electron chi connectivity index (χ1n) is 7.10. The molecule has 0 bridgehead atoms. The predicted molar refractivity (Wildman–Crippen MR) is 77.3 cm³/mol. The lowest BCUT2D eigenvalue weighted by Crippen LogP contribution is -2.29. The summed E-state index contributed by atoms with van der Waals surface area (Å²) in [4.78, 5) is 23.2. The van der Waals surface area contributed by atoms with Crippen molar-refractivity contribution in [3.63, 3.8) is 0 Å². The second kappa shape index (κ2) is 5.25. The van der Waals surface area contributed by atoms with Crippen LogP contribution in [0.25, 0.3) is 0 Å². The van der Waals surface area contributed by atoms with Crippen LogP contribution in [-0.4, -0.2) is 17.9 Å². The Kier molecular flexibility index (Phi) is 3.44. The molecule has 1 aliphatic heterocycles. The van der Waals surface area contributed by atoms with Crippen molar-refractivity contribution in [3.05, 3.63) is 23.8 Å². The Labute approximate surface area is 117 Å². The van der Waals surface area contributed by atoms with Gasteiger partial charge in [0.25, 0.3) is 0 Å². The molecule has 0 saturated heterocycles. The van der Waals surface area contributed by atoms with Crippen LogP contribution in [0.1, 0.15) is 31.2 Å². The van der Waals surface area contributed by atoms with Gasteiger partial charge in [-0.05, 0) is 48.9 Å². The van der Waals surface area contributed by atoms with Crippen LogP contribution in [0.4, 0.5) is 11.4 Å². The number of aryl methyl sites for hydroxylation is 1. The molecule has 106 valence electrons. The zero-order valence-corrected chi connectivity index (χ0v) is 11.3. The summed E-state index contributed by atoms with van der Waals surface area (Å²) in [7, 11) is 0. The van der Waals surface area contributed by atoms with Gasteiger partial charge in [0.15, 0.2) is 0 Å². The van der Waals surface area contributed by atoms with Crippen molar-refractivity contribution in [3.8, 4) is 0 Å². The molecule has 1 aromatic carbocycles. The highest BCUT2D eigenvalue weighted by Gasteiger charge is 2.29. The van der Waals surface area contributed by atoms with E-state index in [1.54, 1.807) is 0 Å². The molecule has 1 heterocycles. The fraction of sp³-hybridized carbons (Fsp3) is 0.467. The fourth-order valence-electron chi connectivity index (χ4n) is 2.58. The maximum atomic E-state index is 11.9. The van der Waals surface area contributed by atoms with Crippen molar-refractivity contribution in [1.82, 2.24) is 0 Å². The van der Waals surface area contributed by atoms with Crippen molar-refractivity contribution in [1.29, 1.82) is 0 Å². The van der Waals surface area contributed by atoms with Gasteiger partial charge < -0.3 is 16.4 Å². The molecular weight excluding hydrogens is 254 g/mol. The molecular formula is C15H19N3O2. The molecule has 3 rings (SSSR count). The van der Waals surface area contributed by atoms with Crippen molar-refractivity contribution in [2.45, 2.75) is 38.1 Å². The third-order valence-electron chi connectivity index (χ3n) is 3.93. The van der Waals surface area contributed by atoms with Gasteiger partial charge in [-0.25, -0.2) is 0 Å². The lowest BCUT2D eigenvalue weighted by Gasteiger charge is -2.18. The number of amides is 2. The van der Waals surface area contributed by atoms with E-state index < -0.39 is 0 Å². The second-order valence-corrected chi connectivity index (χ2v) is 5.67. The van der Waals surface area contributed by atoms with E-state index >= 15 is 0 Å². The molecule has 20 heavy (non-hydrogen) atoms. The fourth-order valence-corrected chi connectivity index (χ4v) is 2.58. The van der Waals surface area contributed by atoms with Crippen LogP contribution in [0.5, 0.6) is 0 Å². The first-order valence-corrected chi connectivity index (χ1v) is 7.10. The molecule has 0 radical (unpaired) electrons. The van der Waals surface area contributed by atoms with E-state index in [4.69, 9.17) is 5.73 Å². The van der Waals surface area contributed by atoms with Gasteiger partial charge in [0, 0.05) is 30.3 Å². The molecule has 0 spiro atoms. The van der Waals surface area contributed by atoms with Gasteiger partial charge in [0.2, 0.25) is 11.8 Å². The Morgan fingerprint density at radius 2 is 2.20 bits per heavy atom. The molecule has 2 amide bonds. The number of benzene rings is 1. The number of hydrogen-bond acceptors (Lipinski definition) is 3. The van der Waals surface area contributed by atoms with E-state index in [2.05, 4.69) is 10.6 Å². The van der Waals surface area contributed by atoms with E-state index in [-0.39, 0.29) is 17.9 Å². The van der Waals surface area contributed by atoms with Crippen LogP contribution >= 0.6 is 0 Å². The lowest BCUT2D eigenvalue weighted by atomic mass is 10.0. The van der Waals surface area contributed by atoms with Gasteiger partial charge in [0.1, 0.15) is 0 Å². The van der Waals surface area contributed by atoms with Crippen molar-refractivity contribution < 1.29 is 9.59 Å². The molecule has 2 aliphatic rings. The van der Waals surface area contributed by atoms with Crippen LogP contribution in [0.3, 0.4) is 0 Å². The van der Waals surface area contributed by atoms with Crippen molar-refractivity contribution in [2.75, 3.05) is 10.6 Å². The van der Waals surface area contributed by atoms with E-state index in [9.17, 15) is 9.59 Å². The summed E-state index contributed by atoms with van der Waals surface area (Å²) in [5.41, 5.74) is 8.63. The van der Waals surface area contributed by atoms with E-state index in [0.29, 0.717) is 25.2 Å². The zero-order chi connectivity index (χ0) is 14.1. The molecule has 1 aromatic rings. The molecule has 0 aromatic heterocycles. The Morgan fingerprint density at radius 1 is 1.40 bits per heavy atom. The summed E-state index contributed by atoms with van der Waals surface area (Å²) in [6.07, 6.45) is 3.88. The summed E-state index contributed by atoms with van der Waals surface area (Å²) < 4.78 is 0. The molecule has 1 fully saturated rings. The van der Waals surface area contributed by atoms with Crippen LogP contribution in [-0.2, 0) is 16.0 Å². The molecule has 4 N–H and O–H groups in total. The third kappa shape index (κ3) is 2.99. The Balaban J connectivity index is 1.62. The number of anilines is 2. The summed E-state index contributed by atoms with van der Waals surface area (Å²) >= 11 is 0. The molecule has 1 atom stereocenters. The molecule has 1 saturated carbocycles. The van der Waals surface area contributed by atoms with Gasteiger partial charge in [-0.1, -0.05) is 0 Å². The van der Waals surface area contributed by atoms with Gasteiger partial charge in [0.05, 0.1) is 0 Å². The number of carbonyl (C=O) groups is 2. The number of nitrogens with two attached hydrogens (primary N) is 1. The zero-order valence-electron chi connectivity index (χ0n) is 11.3. The van der Waals surface area contributed by atoms with Crippen molar-refractivity contribution in [2.24, 2.45) is 11.7 Å². The van der Waals surface area contributed by atoms with E-state index in [1.165, 1.54) is 0 Å². The standard InChI is InChI=1S/C15H19N3O2/c16-12(9-1-2-9)8-15(20)17-11-4-5-13-10(7-11)3-6-14(19)18-13/h4-5,7,9,12H,1-3,6,8,16H2,(H,17,20)(H,18,19). The summed E-state index contributed by atoms with van der Waals surface area (Å²) in [6, 6.07) is 5.55. The maximum Gasteiger partial charge on any atom is 0.225 e. The van der Waals surface area contributed by atoms with Crippen LogP contribution in [0.15, 0.2) is 18.2 Å². The van der Waals surface area contributed by atoms with E-state index in [0.717, 1.165) is 29.8 Å². The molecule has 5 heteroatoms. The topological polar surface area (TPSA) is 84.2 Å². The largest absolute Gasteiger partial charge is 0.327 e. The summed E-state index contributed by atoms with van der Waals surface area (Å²) in [5, 5.41) is 5.71. The van der Waals surface area contributed by atoms with Crippen molar-refractivity contribution >= 4 is 23.2 Å². The SMILES string of the molecule is NC(CC(=O)Nc1ccc2c(c1)CCC(=O)N2)C1CC1. The summed E-state index contributed by atoms with van der Waals surface area (Å²) in [6.45, 7) is 0. The smallest absolute Gasteiger partial charge is 0.225 e. The Bertz CT molecular complexity index is 552. The highest BCUT2D eigenvalue weighted by atomic mass is 16.2. The minimum absolute atomic E-state index is 0.0214. The number of fused-ring (bicyclic) bond motifs is 1. The number of carbonyl (C=O) groups excluding carboxylic acids is 2. The quantitative estimate of drug-likeness (QED) is 0.779. The number of rotatable bonds is 4. The average Bonchev–Trinajstić information content (AvgIpc) is 3.23. The number of nitrogens with one attached hydrogen (secondary N) is 2. The van der Waals surface area contributed by atoms with Gasteiger partial charge in [-0.2, -0.15) is 0 Å². The first kappa shape index (κ1) is 13.1. The Morgan fingerprint density at radius 3 is 2.95 bits per heavy atom. The summed E-state index contributed by atoms with van der Waals surface area (Å²) in [5.74, 6) is 0.536. The monoisotopic (exact) mass is 273 g/mol. The van der Waals surface area contributed by atoms with E-state index in [1.807, 2.05) is 18.2 Å². The highest BCUT2D eigenvalue weighted by Crippen LogP contribution is 2.33. The molecule has 1 unspecified atom stereocenters. The first-order chi connectivity index (χ1) is 9.61. The second-order valence-electron chi connectivity index (χ2n) is 5.67. The predicted octanol–water partition coefficient (Wildman–Crippen LogP) is 1.64. The van der Waals surface area contributed by atoms with Crippen LogP contribution < -0.4 is 16.4 Å². The van der Waals surface area contributed by atoms with Crippen LogP contribution in [0, 0.1) is 5.92 Å². The third-order valence-corrected chi connectivity index (χ3v) is 3.93. The van der Waals surface area contributed by atoms with Crippen LogP contribution in [0.2, 0.25) is 0 Å². The molecule has 5 nitrogen and oxygen atoms in total. The highest BCUT2D eigenvalue weighted by molar-refractivity contribution is 5.95. The van der Waals surface area contributed by atoms with Gasteiger partial charge in [-0.15, -0.1) is 0 Å². The van der Waals surface area contributed by atoms with Gasteiger partial charge >= 0.3 is 0 Å². The van der Waals surface area contributed by atoms with Gasteiger partial charge in [-0.3, -0.25) is 9.59 Å². The minimum Gasteiger partial charge on any atom is -0.327 e. The lowest BCUT2D eigenvalue weighted by molar-refractivity contribution is -0.117. The molecule has 1 aliphatic carbocycles. The maximum absolute atomic E-state index is 11.9. The number of hydrogen-bond donors (Lipinski definition) is 3. The Hall–Kier alpha value is -1.88. The normalized spacial score (nSPS) is 18.9.